The van der Waals surface area contributed by atoms with Gasteiger partial charge in [-0.05, 0) is 43.5 Å². The summed E-state index contributed by atoms with van der Waals surface area (Å²) < 4.78 is 28.7. The Labute approximate surface area is 157 Å². The molecule has 148 valence electrons. The summed E-state index contributed by atoms with van der Waals surface area (Å²) in [5.74, 6) is 0.0623. The van der Waals surface area contributed by atoms with Crippen LogP contribution in [0.25, 0.3) is 0 Å². The van der Waals surface area contributed by atoms with Crippen molar-refractivity contribution in [2.75, 3.05) is 45.8 Å². The van der Waals surface area contributed by atoms with Crippen LogP contribution in [-0.2, 0) is 4.79 Å². The Balaban J connectivity index is 1.46. The summed E-state index contributed by atoms with van der Waals surface area (Å²) in [5, 5.41) is 0. The number of halogens is 2. The van der Waals surface area contributed by atoms with Crippen molar-refractivity contribution in [1.82, 2.24) is 14.7 Å². The first-order valence-electron chi connectivity index (χ1n) is 9.37. The predicted molar refractivity (Wildman–Crippen MR) is 95.8 cm³/mol. The number of hydrogen-bond donors (Lipinski definition) is 0. The Hall–Kier alpha value is -2.22. The van der Waals surface area contributed by atoms with Gasteiger partial charge in [-0.15, -0.1) is 0 Å². The van der Waals surface area contributed by atoms with Gasteiger partial charge in [-0.3, -0.25) is 14.5 Å². The molecule has 2 heterocycles. The van der Waals surface area contributed by atoms with Crippen molar-refractivity contribution in [2.24, 2.45) is 0 Å². The molecule has 2 aliphatic rings. The van der Waals surface area contributed by atoms with Gasteiger partial charge in [0, 0.05) is 44.8 Å². The van der Waals surface area contributed by atoms with Gasteiger partial charge in [-0.1, -0.05) is 0 Å². The Bertz CT molecular complexity index is 640. The molecule has 0 aliphatic carbocycles. The maximum Gasteiger partial charge on any atom is 0.387 e. The highest BCUT2D eigenvalue weighted by molar-refractivity contribution is 5.94. The van der Waals surface area contributed by atoms with Gasteiger partial charge < -0.3 is 14.5 Å². The Morgan fingerprint density at radius 3 is 2.11 bits per heavy atom. The third kappa shape index (κ3) is 5.38. The fourth-order valence-electron chi connectivity index (χ4n) is 3.51. The fraction of sp³-hybridized carbons (Fsp3) is 0.579. The van der Waals surface area contributed by atoms with E-state index in [0.717, 1.165) is 25.9 Å². The number of rotatable bonds is 5. The van der Waals surface area contributed by atoms with E-state index < -0.39 is 6.61 Å². The van der Waals surface area contributed by atoms with Crippen LogP contribution < -0.4 is 4.74 Å². The van der Waals surface area contributed by atoms with E-state index in [0.29, 0.717) is 38.3 Å². The largest absolute Gasteiger partial charge is 0.435 e. The monoisotopic (exact) mass is 381 g/mol. The quantitative estimate of drug-likeness (QED) is 0.784. The number of piperidine rings is 1. The van der Waals surface area contributed by atoms with E-state index >= 15 is 0 Å². The summed E-state index contributed by atoms with van der Waals surface area (Å²) >= 11 is 0. The first-order chi connectivity index (χ1) is 13.0. The molecule has 1 aromatic rings. The van der Waals surface area contributed by atoms with E-state index in [1.165, 1.54) is 30.7 Å². The Morgan fingerprint density at radius 2 is 1.52 bits per heavy atom. The van der Waals surface area contributed by atoms with Gasteiger partial charge in [0.2, 0.25) is 5.91 Å². The maximum atomic E-state index is 12.6. The number of piperazine rings is 1. The highest BCUT2D eigenvalue weighted by Crippen LogP contribution is 2.17. The van der Waals surface area contributed by atoms with Crippen molar-refractivity contribution in [3.8, 4) is 5.75 Å². The lowest BCUT2D eigenvalue weighted by atomic mass is 10.1. The zero-order valence-corrected chi connectivity index (χ0v) is 15.3. The zero-order valence-electron chi connectivity index (χ0n) is 15.3. The molecule has 27 heavy (non-hydrogen) atoms. The second-order valence-electron chi connectivity index (χ2n) is 6.91. The van der Waals surface area contributed by atoms with Crippen LogP contribution in [0.5, 0.6) is 5.75 Å². The van der Waals surface area contributed by atoms with Crippen molar-refractivity contribution >= 4 is 11.8 Å². The third-order valence-electron chi connectivity index (χ3n) is 5.05. The van der Waals surface area contributed by atoms with E-state index in [1.54, 1.807) is 4.90 Å². The number of carbonyl (C=O) groups excluding carboxylic acids is 2. The molecule has 0 atom stereocenters. The van der Waals surface area contributed by atoms with E-state index in [1.807, 2.05) is 4.90 Å². The molecule has 2 amide bonds. The van der Waals surface area contributed by atoms with Crippen LogP contribution in [0.3, 0.4) is 0 Å². The number of likely N-dealkylation sites (tertiary alicyclic amines) is 1. The third-order valence-corrected chi connectivity index (χ3v) is 5.05. The topological polar surface area (TPSA) is 53.1 Å². The van der Waals surface area contributed by atoms with Gasteiger partial charge in [0.05, 0.1) is 6.54 Å². The van der Waals surface area contributed by atoms with E-state index in [9.17, 15) is 18.4 Å². The van der Waals surface area contributed by atoms with Crippen LogP contribution in [0.2, 0.25) is 0 Å². The van der Waals surface area contributed by atoms with Gasteiger partial charge in [0.1, 0.15) is 5.75 Å². The molecular formula is C19H25F2N3O3. The van der Waals surface area contributed by atoms with E-state index in [-0.39, 0.29) is 17.6 Å². The van der Waals surface area contributed by atoms with Crippen molar-refractivity contribution in [1.29, 1.82) is 0 Å². The Kier molecular flexibility index (Phi) is 6.60. The molecule has 0 bridgehead atoms. The van der Waals surface area contributed by atoms with Crippen LogP contribution in [-0.4, -0.2) is 78.9 Å². The second-order valence-corrected chi connectivity index (χ2v) is 6.91. The summed E-state index contributed by atoms with van der Waals surface area (Å²) in [6, 6.07) is 5.72. The van der Waals surface area contributed by atoms with Crippen LogP contribution in [0.4, 0.5) is 8.78 Å². The SMILES string of the molecule is O=C(CN1CCN(C(=O)c2ccc(OC(F)F)cc2)CC1)N1CCCCC1. The average Bonchev–Trinajstić information content (AvgIpc) is 2.69. The van der Waals surface area contributed by atoms with Crippen molar-refractivity contribution in [2.45, 2.75) is 25.9 Å². The molecule has 2 saturated heterocycles. The lowest BCUT2D eigenvalue weighted by molar-refractivity contribution is -0.133. The number of benzene rings is 1. The first kappa shape index (κ1) is 19.5. The van der Waals surface area contributed by atoms with Gasteiger partial charge in [-0.2, -0.15) is 8.78 Å². The molecule has 0 unspecified atom stereocenters. The summed E-state index contributed by atoms with van der Waals surface area (Å²) in [6.45, 7) is 1.61. The molecule has 0 spiro atoms. The van der Waals surface area contributed by atoms with Crippen LogP contribution in [0.1, 0.15) is 29.6 Å². The average molecular weight is 381 g/mol. The molecule has 0 aromatic heterocycles. The molecule has 1 aromatic carbocycles. The molecule has 0 saturated carbocycles. The summed E-state index contributed by atoms with van der Waals surface area (Å²) in [6.07, 6.45) is 3.35. The lowest BCUT2D eigenvalue weighted by Gasteiger charge is -2.36. The molecule has 2 aliphatic heterocycles. The number of ether oxygens (including phenoxy) is 1. The molecular weight excluding hydrogens is 356 g/mol. The van der Waals surface area contributed by atoms with Crippen molar-refractivity contribution in [3.63, 3.8) is 0 Å². The lowest BCUT2D eigenvalue weighted by Crippen LogP contribution is -2.52. The summed E-state index contributed by atoms with van der Waals surface area (Å²) in [5.41, 5.74) is 0.439. The highest BCUT2D eigenvalue weighted by atomic mass is 19.3. The minimum atomic E-state index is -2.88. The normalized spacial score (nSPS) is 18.6. The summed E-state index contributed by atoms with van der Waals surface area (Å²) in [7, 11) is 0. The predicted octanol–water partition coefficient (Wildman–Crippen LogP) is 2.06. The molecule has 6 nitrogen and oxygen atoms in total. The number of alkyl halides is 2. The zero-order chi connectivity index (χ0) is 19.2. The molecule has 2 fully saturated rings. The standard InChI is InChI=1S/C19H25F2N3O3/c20-19(21)27-16-6-4-15(5-7-16)18(26)24-12-10-22(11-13-24)14-17(25)23-8-2-1-3-9-23/h4-7,19H,1-3,8-14H2. The molecule has 0 N–H and O–H groups in total. The molecule has 8 heteroatoms. The van der Waals surface area contributed by atoms with Gasteiger partial charge in [-0.25, -0.2) is 0 Å². The number of amides is 2. The molecule has 0 radical (unpaired) electrons. The second kappa shape index (κ2) is 9.12. The minimum Gasteiger partial charge on any atom is -0.435 e. The highest BCUT2D eigenvalue weighted by Gasteiger charge is 2.25. The number of nitrogens with zero attached hydrogens (tertiary/aromatic N) is 3. The minimum absolute atomic E-state index is 0.0302. The van der Waals surface area contributed by atoms with Gasteiger partial charge in [0.25, 0.3) is 5.91 Å². The number of hydrogen-bond acceptors (Lipinski definition) is 4. The van der Waals surface area contributed by atoms with E-state index in [4.69, 9.17) is 0 Å². The maximum absolute atomic E-state index is 12.6. The van der Waals surface area contributed by atoms with Crippen molar-refractivity contribution < 1.29 is 23.1 Å². The van der Waals surface area contributed by atoms with Gasteiger partial charge >= 0.3 is 6.61 Å². The summed E-state index contributed by atoms with van der Waals surface area (Å²) in [4.78, 5) is 30.6. The van der Waals surface area contributed by atoms with E-state index in [2.05, 4.69) is 9.64 Å². The van der Waals surface area contributed by atoms with Crippen LogP contribution in [0, 0.1) is 0 Å². The molecule has 3 rings (SSSR count). The smallest absolute Gasteiger partial charge is 0.387 e. The van der Waals surface area contributed by atoms with Crippen LogP contribution >= 0.6 is 0 Å². The Morgan fingerprint density at radius 1 is 0.889 bits per heavy atom. The van der Waals surface area contributed by atoms with Crippen molar-refractivity contribution in [3.05, 3.63) is 29.8 Å². The van der Waals surface area contributed by atoms with Crippen LogP contribution in [0.15, 0.2) is 24.3 Å². The number of carbonyl (C=O) groups is 2. The fourth-order valence-corrected chi connectivity index (χ4v) is 3.51. The first-order valence-corrected chi connectivity index (χ1v) is 9.37. The van der Waals surface area contributed by atoms with Gasteiger partial charge in [0.15, 0.2) is 0 Å².